The molecule has 0 saturated carbocycles. The fourth-order valence-corrected chi connectivity index (χ4v) is 6.89. The van der Waals surface area contributed by atoms with Crippen LogP contribution >= 0.6 is 0 Å². The summed E-state index contributed by atoms with van der Waals surface area (Å²) in [5, 5.41) is 52.0. The summed E-state index contributed by atoms with van der Waals surface area (Å²) in [4.78, 5) is 33.1. The lowest BCUT2D eigenvalue weighted by molar-refractivity contribution is -0.123. The van der Waals surface area contributed by atoms with Crippen molar-refractivity contribution in [2.45, 2.75) is 39.2 Å². The van der Waals surface area contributed by atoms with E-state index in [-0.39, 0.29) is 36.3 Å². The minimum Gasteiger partial charge on any atom is -0.507 e. The number of aliphatic hydroxyl groups excluding tert-OH is 2. The van der Waals surface area contributed by atoms with E-state index in [9.17, 15) is 35.0 Å². The van der Waals surface area contributed by atoms with Gasteiger partial charge in [-0.1, -0.05) is 18.2 Å². The van der Waals surface area contributed by atoms with E-state index >= 15 is 0 Å². The van der Waals surface area contributed by atoms with Gasteiger partial charge in [-0.2, -0.15) is 0 Å². The summed E-state index contributed by atoms with van der Waals surface area (Å²) in [7, 11) is -0.260. The first-order chi connectivity index (χ1) is 22.0. The molecule has 0 unspecified atom stereocenters. The molecule has 3 aromatic rings. The molecule has 2 aromatic carbocycles. The summed E-state index contributed by atoms with van der Waals surface area (Å²) >= 11 is 0. The van der Waals surface area contributed by atoms with Crippen LogP contribution in [0.15, 0.2) is 71.9 Å². The number of pyridine rings is 1. The van der Waals surface area contributed by atoms with Gasteiger partial charge in [0.1, 0.15) is 5.75 Å². The number of amides is 2. The first kappa shape index (κ1) is 33.2. The van der Waals surface area contributed by atoms with Crippen molar-refractivity contribution in [1.29, 1.82) is 0 Å². The third kappa shape index (κ3) is 6.56. The Hall–Kier alpha value is -4.13. The number of hydrogen-bond donors (Lipinski definition) is 5. The average Bonchev–Trinajstić information content (AvgIpc) is 3.30. The molecule has 46 heavy (non-hydrogen) atoms. The van der Waals surface area contributed by atoms with Crippen LogP contribution in [0.4, 0.5) is 5.69 Å². The SMILES string of the molecule is COCC1=C([C@H](O)CC/C(=C/c2cc(C)c(O)c(C)c2)c2ccccn2)[C@H](CO)[C@@H]2C(=O)N(c3cccc(B(O)O)c3)C(=O)[C@@H]2C1. The molecule has 1 aliphatic heterocycles. The Labute approximate surface area is 268 Å². The van der Waals surface area contributed by atoms with Gasteiger partial charge >= 0.3 is 7.12 Å². The van der Waals surface area contributed by atoms with Crippen LogP contribution in [0.1, 0.15) is 41.6 Å². The maximum Gasteiger partial charge on any atom is 0.488 e. The number of phenolic OH excluding ortho intramolecular Hbond substituents is 1. The fraction of sp³-hybridized carbons (Fsp3) is 0.343. The van der Waals surface area contributed by atoms with Crippen LogP contribution in [0.25, 0.3) is 11.6 Å². The zero-order valence-corrected chi connectivity index (χ0v) is 26.1. The van der Waals surface area contributed by atoms with E-state index in [2.05, 4.69) is 4.98 Å². The number of aliphatic hydroxyl groups is 2. The van der Waals surface area contributed by atoms with Gasteiger partial charge in [0.25, 0.3) is 0 Å². The second kappa shape index (κ2) is 14.1. The third-order valence-electron chi connectivity index (χ3n) is 9.02. The molecule has 0 radical (unpaired) electrons. The number of hydrogen-bond acceptors (Lipinski definition) is 9. The molecular weight excluding hydrogens is 587 g/mol. The van der Waals surface area contributed by atoms with Crippen LogP contribution in [0, 0.1) is 31.6 Å². The quantitative estimate of drug-likeness (QED) is 0.122. The number of allylic oxidation sites excluding steroid dienone is 1. The van der Waals surface area contributed by atoms with Gasteiger partial charge in [-0.25, -0.2) is 0 Å². The van der Waals surface area contributed by atoms with Crippen molar-refractivity contribution < 1.29 is 39.7 Å². The smallest absolute Gasteiger partial charge is 0.488 e. The minimum atomic E-state index is -1.77. The Morgan fingerprint density at radius 2 is 1.83 bits per heavy atom. The van der Waals surface area contributed by atoms with E-state index in [0.29, 0.717) is 17.6 Å². The molecule has 2 aliphatic rings. The monoisotopic (exact) mass is 626 g/mol. The second-order valence-electron chi connectivity index (χ2n) is 12.0. The second-order valence-corrected chi connectivity index (χ2v) is 12.0. The summed E-state index contributed by atoms with van der Waals surface area (Å²) in [5.74, 6) is -3.20. The molecule has 240 valence electrons. The highest BCUT2D eigenvalue weighted by Gasteiger charge is 2.55. The van der Waals surface area contributed by atoms with Crippen LogP contribution < -0.4 is 10.4 Å². The Morgan fingerprint density at radius 3 is 2.46 bits per heavy atom. The summed E-state index contributed by atoms with van der Waals surface area (Å²) < 4.78 is 5.47. The number of carbonyl (C=O) groups is 2. The molecule has 1 fully saturated rings. The maximum atomic E-state index is 13.9. The number of aromatic nitrogens is 1. The summed E-state index contributed by atoms with van der Waals surface area (Å²) in [6.45, 7) is 3.33. The standard InChI is InChI=1S/C35H39BN2O8/c1-20-13-22(14-21(2)33(20)41)15-23(29-9-4-5-12-37-29)10-11-30(40)31-24(19-46-3)16-27-32(28(31)18-39)35(43)38(34(27)42)26-8-6-7-25(17-26)36(44)45/h4-9,12-15,17,27-28,30,32,39-41,44-45H,10-11,16,18-19H2,1-3H3/b23-15-/t27-,28+,30-,32-/m1/s1. The topological polar surface area (TPSA) is 161 Å². The Morgan fingerprint density at radius 1 is 1.09 bits per heavy atom. The molecule has 10 nitrogen and oxygen atoms in total. The fourth-order valence-electron chi connectivity index (χ4n) is 6.89. The number of methoxy groups -OCH3 is 1. The number of fused-ring (bicyclic) bond motifs is 1. The Balaban J connectivity index is 1.46. The van der Waals surface area contributed by atoms with Crippen LogP contribution in [-0.2, 0) is 14.3 Å². The van der Waals surface area contributed by atoms with Crippen molar-refractivity contribution >= 4 is 41.7 Å². The van der Waals surface area contributed by atoms with E-state index in [0.717, 1.165) is 32.9 Å². The van der Waals surface area contributed by atoms with Gasteiger partial charge < -0.3 is 30.1 Å². The number of aryl methyl sites for hydroxylation is 2. The molecule has 1 aromatic heterocycles. The van der Waals surface area contributed by atoms with Gasteiger partial charge in [0, 0.05) is 19.2 Å². The normalized spacial score (nSPS) is 20.7. The van der Waals surface area contributed by atoms with Crippen molar-refractivity contribution in [2.24, 2.45) is 17.8 Å². The van der Waals surface area contributed by atoms with Crippen LogP contribution in [0.5, 0.6) is 5.75 Å². The average molecular weight is 627 g/mol. The molecule has 2 amide bonds. The van der Waals surface area contributed by atoms with Gasteiger partial charge in [0.2, 0.25) is 11.8 Å². The summed E-state index contributed by atoms with van der Waals surface area (Å²) in [6, 6.07) is 15.3. The lowest BCUT2D eigenvalue weighted by Gasteiger charge is -2.36. The van der Waals surface area contributed by atoms with Gasteiger partial charge in [0.15, 0.2) is 0 Å². The minimum absolute atomic E-state index is 0.120. The number of benzene rings is 2. The van der Waals surface area contributed by atoms with Gasteiger partial charge in [0.05, 0.1) is 42.5 Å². The predicted octanol–water partition coefficient (Wildman–Crippen LogP) is 2.53. The highest BCUT2D eigenvalue weighted by atomic mass is 16.5. The van der Waals surface area contributed by atoms with Crippen molar-refractivity contribution in [2.75, 3.05) is 25.2 Å². The summed E-state index contributed by atoms with van der Waals surface area (Å²) in [6.07, 6.45) is 3.46. The molecule has 11 heteroatoms. The van der Waals surface area contributed by atoms with Gasteiger partial charge in [-0.15, -0.1) is 0 Å². The number of ether oxygens (including phenoxy) is 1. The molecule has 4 atom stereocenters. The molecular formula is C35H39BN2O8. The largest absolute Gasteiger partial charge is 0.507 e. The Kier molecular flexibility index (Phi) is 10.2. The van der Waals surface area contributed by atoms with Gasteiger partial charge in [-0.05, 0) is 114 Å². The zero-order chi connectivity index (χ0) is 33.1. The number of rotatable bonds is 11. The van der Waals surface area contributed by atoms with Crippen molar-refractivity contribution in [3.8, 4) is 5.75 Å². The van der Waals surface area contributed by atoms with Crippen molar-refractivity contribution in [1.82, 2.24) is 4.98 Å². The number of imide groups is 1. The van der Waals surface area contributed by atoms with E-state index in [1.165, 1.54) is 25.3 Å². The highest BCUT2D eigenvalue weighted by molar-refractivity contribution is 6.58. The van der Waals surface area contributed by atoms with Crippen molar-refractivity contribution in [3.05, 3.63) is 94.3 Å². The van der Waals surface area contributed by atoms with Crippen LogP contribution in [0.3, 0.4) is 0 Å². The van der Waals surface area contributed by atoms with E-state index in [1.807, 2.05) is 50.3 Å². The molecule has 5 rings (SSSR count). The molecule has 0 spiro atoms. The summed E-state index contributed by atoms with van der Waals surface area (Å²) in [5.41, 5.74) is 5.48. The number of phenols is 1. The first-order valence-electron chi connectivity index (χ1n) is 15.3. The van der Waals surface area contributed by atoms with E-state index < -0.39 is 49.4 Å². The maximum absolute atomic E-state index is 13.9. The predicted molar refractivity (Wildman–Crippen MR) is 175 cm³/mol. The molecule has 5 N–H and O–H groups in total. The Bertz CT molecular complexity index is 1650. The van der Waals surface area contributed by atoms with E-state index in [4.69, 9.17) is 4.74 Å². The number of anilines is 1. The highest BCUT2D eigenvalue weighted by Crippen LogP contribution is 2.47. The molecule has 1 saturated heterocycles. The number of nitrogens with zero attached hydrogens (tertiary/aromatic N) is 2. The van der Waals surface area contributed by atoms with Crippen LogP contribution in [-0.4, -0.2) is 75.7 Å². The zero-order valence-electron chi connectivity index (χ0n) is 26.1. The lowest BCUT2D eigenvalue weighted by atomic mass is 9.68. The number of aromatic hydroxyl groups is 1. The number of carbonyl (C=O) groups excluding carboxylic acids is 2. The van der Waals surface area contributed by atoms with E-state index in [1.54, 1.807) is 12.3 Å². The first-order valence-corrected chi connectivity index (χ1v) is 15.3. The molecule has 2 heterocycles. The third-order valence-corrected chi connectivity index (χ3v) is 9.02. The van der Waals surface area contributed by atoms with Crippen LogP contribution in [0.2, 0.25) is 0 Å². The molecule has 1 aliphatic carbocycles. The van der Waals surface area contributed by atoms with Crippen molar-refractivity contribution in [3.63, 3.8) is 0 Å². The lowest BCUT2D eigenvalue weighted by Crippen LogP contribution is -2.39. The van der Waals surface area contributed by atoms with Gasteiger partial charge in [-0.3, -0.25) is 19.5 Å². The molecule has 0 bridgehead atoms.